The number of pyridine rings is 1. The van der Waals surface area contributed by atoms with E-state index in [0.29, 0.717) is 11.8 Å². The molecule has 0 radical (unpaired) electrons. The molecule has 130 valence electrons. The number of ether oxygens (including phenoxy) is 1. The van der Waals surface area contributed by atoms with Gasteiger partial charge >= 0.3 is 0 Å². The van der Waals surface area contributed by atoms with Gasteiger partial charge in [0.2, 0.25) is 5.91 Å². The van der Waals surface area contributed by atoms with Gasteiger partial charge in [-0.3, -0.25) is 14.7 Å². The van der Waals surface area contributed by atoms with Gasteiger partial charge in [-0.1, -0.05) is 6.07 Å². The van der Waals surface area contributed by atoms with Crippen LogP contribution in [0.2, 0.25) is 0 Å². The lowest BCUT2D eigenvalue weighted by molar-refractivity contribution is -0.140. The van der Waals surface area contributed by atoms with Crippen LogP contribution in [0.25, 0.3) is 0 Å². The van der Waals surface area contributed by atoms with E-state index in [4.69, 9.17) is 4.74 Å². The molecule has 3 saturated heterocycles. The van der Waals surface area contributed by atoms with Crippen molar-refractivity contribution in [2.75, 3.05) is 32.8 Å². The van der Waals surface area contributed by atoms with E-state index in [0.717, 1.165) is 70.0 Å². The van der Waals surface area contributed by atoms with E-state index in [1.165, 1.54) is 0 Å². The molecule has 0 unspecified atom stereocenters. The topological polar surface area (TPSA) is 45.7 Å². The van der Waals surface area contributed by atoms with Crippen molar-refractivity contribution in [2.45, 2.75) is 38.8 Å². The first kappa shape index (κ1) is 16.0. The number of carbonyl (C=O) groups excluding carboxylic acids is 1. The molecule has 1 aromatic rings. The number of carbonyl (C=O) groups is 1. The van der Waals surface area contributed by atoms with Crippen molar-refractivity contribution in [3.8, 4) is 0 Å². The van der Waals surface area contributed by atoms with E-state index in [1.807, 2.05) is 13.0 Å². The van der Waals surface area contributed by atoms with Crippen LogP contribution in [0.5, 0.6) is 0 Å². The molecule has 0 spiro atoms. The molecule has 0 aliphatic carbocycles. The average Bonchev–Trinajstić information content (AvgIpc) is 3.25. The Morgan fingerprint density at radius 2 is 2.12 bits per heavy atom. The van der Waals surface area contributed by atoms with Crippen molar-refractivity contribution in [1.29, 1.82) is 0 Å². The summed E-state index contributed by atoms with van der Waals surface area (Å²) in [6.07, 6.45) is 3.55. The Morgan fingerprint density at radius 1 is 1.29 bits per heavy atom. The Kier molecular flexibility index (Phi) is 4.55. The summed E-state index contributed by atoms with van der Waals surface area (Å²) in [6.45, 7) is 7.27. The smallest absolute Gasteiger partial charge is 0.227 e. The zero-order valence-electron chi connectivity index (χ0n) is 14.5. The maximum absolute atomic E-state index is 13.0. The molecule has 24 heavy (non-hydrogen) atoms. The Bertz CT molecular complexity index is 600. The predicted octanol–water partition coefficient (Wildman–Crippen LogP) is 1.85. The molecule has 0 aromatic carbocycles. The van der Waals surface area contributed by atoms with Crippen LogP contribution in [0.1, 0.15) is 30.7 Å². The Balaban J connectivity index is 1.49. The molecule has 1 amide bonds. The summed E-state index contributed by atoms with van der Waals surface area (Å²) in [7, 11) is 0. The molecule has 3 atom stereocenters. The van der Waals surface area contributed by atoms with Gasteiger partial charge in [-0.25, -0.2) is 0 Å². The lowest BCUT2D eigenvalue weighted by Crippen LogP contribution is -2.52. The van der Waals surface area contributed by atoms with Crippen molar-refractivity contribution in [3.63, 3.8) is 0 Å². The Morgan fingerprint density at radius 3 is 2.92 bits per heavy atom. The largest absolute Gasteiger partial charge is 0.377 e. The number of aromatic nitrogens is 1. The molecule has 1 aromatic heterocycles. The number of fused-ring (bicyclic) bond motifs is 1. The normalized spacial score (nSPS) is 30.5. The summed E-state index contributed by atoms with van der Waals surface area (Å²) in [6, 6.07) is 6.16. The van der Waals surface area contributed by atoms with Crippen molar-refractivity contribution in [1.82, 2.24) is 14.8 Å². The van der Waals surface area contributed by atoms with Gasteiger partial charge in [0.1, 0.15) is 0 Å². The van der Waals surface area contributed by atoms with Crippen LogP contribution in [0.3, 0.4) is 0 Å². The van der Waals surface area contributed by atoms with Gasteiger partial charge in [0.15, 0.2) is 0 Å². The number of piperidine rings is 1. The van der Waals surface area contributed by atoms with E-state index < -0.39 is 0 Å². The highest BCUT2D eigenvalue weighted by molar-refractivity contribution is 5.80. The second-order valence-electron chi connectivity index (χ2n) is 7.47. The SMILES string of the molecule is Cc1cccc(CN2C[C@@H]3OCC[C@@H]3[C@@H](C(=O)N3CCCC3)C2)n1. The van der Waals surface area contributed by atoms with Gasteiger partial charge < -0.3 is 9.64 Å². The summed E-state index contributed by atoms with van der Waals surface area (Å²) >= 11 is 0. The summed E-state index contributed by atoms with van der Waals surface area (Å²) in [5.41, 5.74) is 2.13. The highest BCUT2D eigenvalue weighted by Gasteiger charge is 2.45. The van der Waals surface area contributed by atoms with Gasteiger partial charge in [0.05, 0.1) is 17.7 Å². The van der Waals surface area contributed by atoms with Crippen LogP contribution >= 0.6 is 0 Å². The van der Waals surface area contributed by atoms with Crippen LogP contribution in [-0.4, -0.2) is 59.6 Å². The third-order valence-electron chi connectivity index (χ3n) is 5.74. The number of amides is 1. The molecular weight excluding hydrogens is 302 g/mol. The standard InChI is InChI=1S/C19H27N3O2/c1-14-5-4-6-15(20-14)11-21-12-17(16-7-10-24-18(16)13-21)19(23)22-8-2-3-9-22/h4-6,16-18H,2-3,7-13H2,1H3/t16-,17+,18+/m1/s1. The summed E-state index contributed by atoms with van der Waals surface area (Å²) in [5, 5.41) is 0. The quantitative estimate of drug-likeness (QED) is 0.849. The average molecular weight is 329 g/mol. The first-order valence-corrected chi connectivity index (χ1v) is 9.26. The fraction of sp³-hybridized carbons (Fsp3) is 0.684. The van der Waals surface area contributed by atoms with Crippen LogP contribution in [0, 0.1) is 18.8 Å². The first-order chi connectivity index (χ1) is 11.7. The molecule has 0 bridgehead atoms. The lowest BCUT2D eigenvalue weighted by atomic mass is 9.82. The van der Waals surface area contributed by atoms with E-state index in [2.05, 4.69) is 26.9 Å². The van der Waals surface area contributed by atoms with Gasteiger partial charge in [0, 0.05) is 50.9 Å². The minimum atomic E-state index is 0.0918. The second kappa shape index (κ2) is 6.81. The zero-order chi connectivity index (χ0) is 16.5. The summed E-state index contributed by atoms with van der Waals surface area (Å²) in [4.78, 5) is 22.1. The molecule has 0 N–H and O–H groups in total. The van der Waals surface area contributed by atoms with E-state index in [-0.39, 0.29) is 12.0 Å². The molecule has 4 heterocycles. The second-order valence-corrected chi connectivity index (χ2v) is 7.47. The molecular formula is C19H27N3O2. The number of aryl methyl sites for hydroxylation is 1. The van der Waals surface area contributed by atoms with E-state index in [9.17, 15) is 4.79 Å². The van der Waals surface area contributed by atoms with Crippen molar-refractivity contribution in [3.05, 3.63) is 29.6 Å². The molecule has 3 fully saturated rings. The van der Waals surface area contributed by atoms with Gasteiger partial charge in [-0.15, -0.1) is 0 Å². The summed E-state index contributed by atoms with van der Waals surface area (Å²) < 4.78 is 5.96. The zero-order valence-corrected chi connectivity index (χ0v) is 14.5. The van der Waals surface area contributed by atoms with Gasteiger partial charge in [0.25, 0.3) is 0 Å². The Labute approximate surface area is 144 Å². The van der Waals surface area contributed by atoms with Crippen molar-refractivity contribution < 1.29 is 9.53 Å². The number of rotatable bonds is 3. The van der Waals surface area contributed by atoms with Crippen LogP contribution in [0.15, 0.2) is 18.2 Å². The molecule has 0 saturated carbocycles. The fourth-order valence-corrected chi connectivity index (χ4v) is 4.53. The number of likely N-dealkylation sites (tertiary alicyclic amines) is 2. The van der Waals surface area contributed by atoms with Crippen LogP contribution in [0.4, 0.5) is 0 Å². The van der Waals surface area contributed by atoms with Gasteiger partial charge in [-0.2, -0.15) is 0 Å². The van der Waals surface area contributed by atoms with Crippen LogP contribution < -0.4 is 0 Å². The minimum absolute atomic E-state index is 0.0918. The van der Waals surface area contributed by atoms with Crippen molar-refractivity contribution in [2.24, 2.45) is 11.8 Å². The number of hydrogen-bond donors (Lipinski definition) is 0. The molecule has 4 rings (SSSR count). The van der Waals surface area contributed by atoms with Crippen molar-refractivity contribution >= 4 is 5.91 Å². The Hall–Kier alpha value is -1.46. The van der Waals surface area contributed by atoms with Crippen LogP contribution in [-0.2, 0) is 16.1 Å². The molecule has 3 aliphatic heterocycles. The van der Waals surface area contributed by atoms with Gasteiger partial charge in [-0.05, 0) is 38.3 Å². The maximum Gasteiger partial charge on any atom is 0.227 e. The molecule has 5 heteroatoms. The molecule has 5 nitrogen and oxygen atoms in total. The van der Waals surface area contributed by atoms with E-state index >= 15 is 0 Å². The number of nitrogens with zero attached hydrogens (tertiary/aromatic N) is 3. The highest BCUT2D eigenvalue weighted by Crippen LogP contribution is 2.35. The number of hydrogen-bond acceptors (Lipinski definition) is 4. The molecule has 3 aliphatic rings. The predicted molar refractivity (Wildman–Crippen MR) is 91.4 cm³/mol. The minimum Gasteiger partial charge on any atom is -0.377 e. The third-order valence-corrected chi connectivity index (χ3v) is 5.74. The third kappa shape index (κ3) is 3.20. The fourth-order valence-electron chi connectivity index (χ4n) is 4.53. The highest BCUT2D eigenvalue weighted by atomic mass is 16.5. The van der Waals surface area contributed by atoms with E-state index in [1.54, 1.807) is 0 Å². The maximum atomic E-state index is 13.0. The monoisotopic (exact) mass is 329 g/mol. The summed E-state index contributed by atoms with van der Waals surface area (Å²) in [5.74, 6) is 0.851. The lowest BCUT2D eigenvalue weighted by Gasteiger charge is -2.40. The first-order valence-electron chi connectivity index (χ1n) is 9.26.